The van der Waals surface area contributed by atoms with E-state index in [2.05, 4.69) is 6.58 Å². The van der Waals surface area contributed by atoms with Gasteiger partial charge in [0, 0.05) is 5.57 Å². The van der Waals surface area contributed by atoms with E-state index in [9.17, 15) is 4.79 Å². The number of aliphatic hydroxyl groups is 1. The molecule has 0 heterocycles. The molecular formula is C11H20O5. The average molecular weight is 232 g/mol. The van der Waals surface area contributed by atoms with Gasteiger partial charge in [0.25, 0.3) is 0 Å². The maximum Gasteiger partial charge on any atom is 0.333 e. The minimum atomic E-state index is -0.886. The molecule has 0 aliphatic rings. The quantitative estimate of drug-likeness (QED) is 0.406. The van der Waals surface area contributed by atoms with Gasteiger partial charge in [-0.15, -0.1) is 0 Å². The Morgan fingerprint density at radius 1 is 1.38 bits per heavy atom. The molecule has 5 heteroatoms. The van der Waals surface area contributed by atoms with Crippen LogP contribution in [0.2, 0.25) is 0 Å². The molecule has 3 atom stereocenters. The van der Waals surface area contributed by atoms with Crippen molar-refractivity contribution in [1.29, 1.82) is 0 Å². The molecule has 5 nitrogen and oxygen atoms in total. The Kier molecular flexibility index (Phi) is 6.96. The van der Waals surface area contributed by atoms with Crippen LogP contribution >= 0.6 is 0 Å². The summed E-state index contributed by atoms with van der Waals surface area (Å²) in [5, 5.41) is 8.91. The van der Waals surface area contributed by atoms with Gasteiger partial charge in [0.15, 0.2) is 12.6 Å². The van der Waals surface area contributed by atoms with Crippen LogP contribution in [0, 0.1) is 0 Å². The smallest absolute Gasteiger partial charge is 0.333 e. The lowest BCUT2D eigenvalue weighted by atomic mass is 10.3. The molecule has 0 amide bonds. The molecule has 0 aromatic carbocycles. The van der Waals surface area contributed by atoms with Gasteiger partial charge < -0.3 is 19.3 Å². The fraction of sp³-hybridized carbons (Fsp3) is 0.727. The first-order valence-corrected chi connectivity index (χ1v) is 5.14. The highest BCUT2D eigenvalue weighted by atomic mass is 16.7. The number of rotatable bonds is 7. The Balaban J connectivity index is 3.76. The van der Waals surface area contributed by atoms with Crippen molar-refractivity contribution in [3.05, 3.63) is 12.2 Å². The lowest BCUT2D eigenvalue weighted by Crippen LogP contribution is -2.26. The molecule has 0 saturated carbocycles. The Morgan fingerprint density at radius 2 is 1.94 bits per heavy atom. The Labute approximate surface area is 96.0 Å². The lowest BCUT2D eigenvalue weighted by Gasteiger charge is -2.19. The van der Waals surface area contributed by atoms with Crippen LogP contribution in [0.25, 0.3) is 0 Å². The molecule has 0 fully saturated rings. The molecular weight excluding hydrogens is 212 g/mol. The molecule has 1 N–H and O–H groups in total. The van der Waals surface area contributed by atoms with E-state index in [0.29, 0.717) is 5.57 Å². The number of carbonyl (C=O) groups is 1. The lowest BCUT2D eigenvalue weighted by molar-refractivity contribution is -0.221. The average Bonchev–Trinajstić information content (AvgIpc) is 2.13. The van der Waals surface area contributed by atoms with E-state index in [1.54, 1.807) is 20.8 Å². The van der Waals surface area contributed by atoms with Crippen LogP contribution in [0.1, 0.15) is 27.7 Å². The zero-order valence-electron chi connectivity index (χ0n) is 10.2. The maximum absolute atomic E-state index is 11.1. The van der Waals surface area contributed by atoms with Crippen molar-refractivity contribution >= 4 is 5.97 Å². The van der Waals surface area contributed by atoms with E-state index in [1.165, 1.54) is 6.92 Å². The van der Waals surface area contributed by atoms with E-state index in [4.69, 9.17) is 19.3 Å². The summed E-state index contributed by atoms with van der Waals surface area (Å²) >= 11 is 0. The van der Waals surface area contributed by atoms with Crippen LogP contribution in [0.3, 0.4) is 0 Å². The number of esters is 1. The number of hydrogen-bond acceptors (Lipinski definition) is 5. The summed E-state index contributed by atoms with van der Waals surface area (Å²) in [4.78, 5) is 11.1. The fourth-order valence-corrected chi connectivity index (χ4v) is 0.905. The first kappa shape index (κ1) is 15.1. The fourth-order valence-electron chi connectivity index (χ4n) is 0.905. The van der Waals surface area contributed by atoms with Crippen molar-refractivity contribution in [3.63, 3.8) is 0 Å². The van der Waals surface area contributed by atoms with Crippen molar-refractivity contribution in [2.24, 2.45) is 0 Å². The third-order valence-electron chi connectivity index (χ3n) is 1.61. The topological polar surface area (TPSA) is 65.0 Å². The predicted molar refractivity (Wildman–Crippen MR) is 58.5 cm³/mol. The molecule has 0 saturated heterocycles. The summed E-state index contributed by atoms with van der Waals surface area (Å²) in [6.07, 6.45) is -1.82. The van der Waals surface area contributed by atoms with Gasteiger partial charge in [-0.25, -0.2) is 4.79 Å². The summed E-state index contributed by atoms with van der Waals surface area (Å²) in [6.45, 7) is 10.1. The van der Waals surface area contributed by atoms with Crippen LogP contribution < -0.4 is 0 Å². The molecule has 94 valence electrons. The molecule has 0 spiro atoms. The second kappa shape index (κ2) is 7.38. The summed E-state index contributed by atoms with van der Waals surface area (Å²) in [5.41, 5.74) is 0.347. The number of ether oxygens (including phenoxy) is 3. The minimum Gasteiger partial charge on any atom is -0.457 e. The summed E-state index contributed by atoms with van der Waals surface area (Å²) in [6, 6.07) is 0. The maximum atomic E-state index is 11.1. The first-order valence-electron chi connectivity index (χ1n) is 5.14. The van der Waals surface area contributed by atoms with Crippen LogP contribution in [0.5, 0.6) is 0 Å². The Hall–Kier alpha value is -0.910. The predicted octanol–water partition coefficient (Wildman–Crippen LogP) is 1.21. The molecule has 0 aliphatic heterocycles. The molecule has 16 heavy (non-hydrogen) atoms. The largest absolute Gasteiger partial charge is 0.457 e. The van der Waals surface area contributed by atoms with Crippen molar-refractivity contribution in [2.75, 3.05) is 6.61 Å². The van der Waals surface area contributed by atoms with E-state index in [1.807, 2.05) is 0 Å². The zero-order chi connectivity index (χ0) is 12.7. The van der Waals surface area contributed by atoms with Crippen LogP contribution in [-0.4, -0.2) is 36.4 Å². The molecule has 0 radical (unpaired) electrons. The molecule has 0 aliphatic carbocycles. The van der Waals surface area contributed by atoms with Gasteiger partial charge in [-0.2, -0.15) is 0 Å². The number of hydrogen-bond donors (Lipinski definition) is 1. The van der Waals surface area contributed by atoms with E-state index >= 15 is 0 Å². The van der Waals surface area contributed by atoms with Gasteiger partial charge in [-0.1, -0.05) is 6.58 Å². The van der Waals surface area contributed by atoms with E-state index < -0.39 is 18.5 Å². The minimum absolute atomic E-state index is 0.201. The van der Waals surface area contributed by atoms with Gasteiger partial charge in [-0.05, 0) is 27.7 Å². The zero-order valence-corrected chi connectivity index (χ0v) is 10.2. The van der Waals surface area contributed by atoms with Crippen LogP contribution in [0.4, 0.5) is 0 Å². The second-order valence-corrected chi connectivity index (χ2v) is 3.63. The van der Waals surface area contributed by atoms with Crippen molar-refractivity contribution in [3.8, 4) is 0 Å². The van der Waals surface area contributed by atoms with Crippen LogP contribution in [-0.2, 0) is 19.0 Å². The van der Waals surface area contributed by atoms with Crippen LogP contribution in [0.15, 0.2) is 12.2 Å². The van der Waals surface area contributed by atoms with Crippen molar-refractivity contribution < 1.29 is 24.1 Å². The summed E-state index contributed by atoms with van der Waals surface area (Å²) < 4.78 is 15.1. The third-order valence-corrected chi connectivity index (χ3v) is 1.61. The second-order valence-electron chi connectivity index (χ2n) is 3.63. The monoisotopic (exact) mass is 232 g/mol. The van der Waals surface area contributed by atoms with Crippen molar-refractivity contribution in [2.45, 2.75) is 46.4 Å². The molecule has 0 bridgehead atoms. The van der Waals surface area contributed by atoms with Gasteiger partial charge in [-0.3, -0.25) is 0 Å². The van der Waals surface area contributed by atoms with Gasteiger partial charge >= 0.3 is 5.97 Å². The Morgan fingerprint density at radius 3 is 2.38 bits per heavy atom. The third kappa shape index (κ3) is 7.39. The standard InChI is InChI=1S/C11H20O5/c1-7(2)11(13)15-8(3)6-14-10(5)16-9(4)12/h8-10,12H,1,6H2,2-5H3. The number of carbonyl (C=O) groups excluding carboxylic acids is 1. The van der Waals surface area contributed by atoms with E-state index in [-0.39, 0.29) is 12.7 Å². The van der Waals surface area contributed by atoms with Crippen molar-refractivity contribution in [1.82, 2.24) is 0 Å². The highest BCUT2D eigenvalue weighted by Gasteiger charge is 2.12. The molecule has 0 rings (SSSR count). The SMILES string of the molecule is C=C(C)C(=O)OC(C)COC(C)OC(C)O. The number of aliphatic hydroxyl groups excluding tert-OH is 1. The summed E-state index contributed by atoms with van der Waals surface area (Å²) in [5.74, 6) is -0.444. The van der Waals surface area contributed by atoms with E-state index in [0.717, 1.165) is 0 Å². The normalized spacial score (nSPS) is 16.3. The highest BCUT2D eigenvalue weighted by Crippen LogP contribution is 2.02. The summed E-state index contributed by atoms with van der Waals surface area (Å²) in [7, 11) is 0. The highest BCUT2D eigenvalue weighted by molar-refractivity contribution is 5.87. The molecule has 3 unspecified atom stereocenters. The van der Waals surface area contributed by atoms with Gasteiger partial charge in [0.2, 0.25) is 0 Å². The van der Waals surface area contributed by atoms with Gasteiger partial charge in [0.05, 0.1) is 6.61 Å². The molecule has 0 aromatic rings. The first-order chi connectivity index (χ1) is 7.32. The van der Waals surface area contributed by atoms with Gasteiger partial charge in [0.1, 0.15) is 6.10 Å². The molecule has 0 aromatic heterocycles. The Bertz CT molecular complexity index is 237.